The lowest BCUT2D eigenvalue weighted by molar-refractivity contribution is 0.472. The van der Waals surface area contributed by atoms with Gasteiger partial charge in [-0.2, -0.15) is 5.26 Å². The van der Waals surface area contributed by atoms with Crippen molar-refractivity contribution in [3.63, 3.8) is 0 Å². The molecule has 0 aliphatic carbocycles. The molecular formula is C20H20N4O. The zero-order chi connectivity index (χ0) is 17.2. The summed E-state index contributed by atoms with van der Waals surface area (Å²) >= 11 is 0. The Morgan fingerprint density at radius 3 is 3.04 bits per heavy atom. The van der Waals surface area contributed by atoms with Gasteiger partial charge in [-0.05, 0) is 50.5 Å². The van der Waals surface area contributed by atoms with Crippen LogP contribution in [0, 0.1) is 11.3 Å². The summed E-state index contributed by atoms with van der Waals surface area (Å²) in [6.45, 7) is 3.30. The average molecular weight is 332 g/mol. The van der Waals surface area contributed by atoms with Gasteiger partial charge in [0.25, 0.3) is 0 Å². The maximum atomic E-state index is 9.42. The van der Waals surface area contributed by atoms with Gasteiger partial charge in [-0.1, -0.05) is 0 Å². The number of aromatic amines is 1. The number of rotatable bonds is 3. The van der Waals surface area contributed by atoms with E-state index in [0.717, 1.165) is 23.3 Å². The molecule has 2 aromatic heterocycles. The van der Waals surface area contributed by atoms with Gasteiger partial charge in [-0.25, -0.2) is 4.98 Å². The third kappa shape index (κ3) is 3.03. The fraction of sp³-hybridized carbons (Fsp3) is 0.300. The van der Waals surface area contributed by atoms with Crippen molar-refractivity contribution in [1.82, 2.24) is 9.97 Å². The van der Waals surface area contributed by atoms with Gasteiger partial charge in [-0.3, -0.25) is 0 Å². The molecule has 5 nitrogen and oxygen atoms in total. The first-order valence-electron chi connectivity index (χ1n) is 8.66. The monoisotopic (exact) mass is 332 g/mol. The van der Waals surface area contributed by atoms with E-state index in [2.05, 4.69) is 27.9 Å². The van der Waals surface area contributed by atoms with Crippen molar-refractivity contribution in [2.75, 3.05) is 11.4 Å². The number of benzene rings is 1. The quantitative estimate of drug-likeness (QED) is 0.761. The number of fused-ring (bicyclic) bond motifs is 1. The van der Waals surface area contributed by atoms with Crippen molar-refractivity contribution in [3.05, 3.63) is 48.3 Å². The SMILES string of the molecule is C[C@@H]1CCCCN1c1ccc(C#N)c(Oc2cnc3[nH]ccc3c2)c1. The van der Waals surface area contributed by atoms with Crippen LogP contribution < -0.4 is 9.64 Å². The molecule has 1 aliphatic heterocycles. The standard InChI is InChI=1S/C20H20N4O/c1-14-4-2-3-9-24(14)17-6-5-16(12-21)19(11-17)25-18-10-15-7-8-22-20(15)23-13-18/h5-8,10-11,13-14H,2-4,9H2,1H3,(H,22,23)/t14-/m1/s1. The predicted octanol–water partition coefficient (Wildman–Crippen LogP) is 4.61. The zero-order valence-corrected chi connectivity index (χ0v) is 14.2. The van der Waals surface area contributed by atoms with Gasteiger partial charge < -0.3 is 14.6 Å². The van der Waals surface area contributed by atoms with Crippen molar-refractivity contribution in [1.29, 1.82) is 5.26 Å². The van der Waals surface area contributed by atoms with Crippen molar-refractivity contribution >= 4 is 16.7 Å². The summed E-state index contributed by atoms with van der Waals surface area (Å²) in [6, 6.07) is 12.4. The van der Waals surface area contributed by atoms with Crippen LogP contribution in [0.2, 0.25) is 0 Å². The molecule has 4 rings (SSSR count). The lowest BCUT2D eigenvalue weighted by Gasteiger charge is -2.35. The average Bonchev–Trinajstić information content (AvgIpc) is 3.10. The maximum Gasteiger partial charge on any atom is 0.147 e. The van der Waals surface area contributed by atoms with Crippen LogP contribution in [0.1, 0.15) is 31.7 Å². The molecule has 0 spiro atoms. The van der Waals surface area contributed by atoms with Crippen LogP contribution in [0.4, 0.5) is 5.69 Å². The predicted molar refractivity (Wildman–Crippen MR) is 98.0 cm³/mol. The third-order valence-corrected chi connectivity index (χ3v) is 4.82. The van der Waals surface area contributed by atoms with Crippen LogP contribution in [-0.2, 0) is 0 Å². The Labute approximate surface area is 146 Å². The van der Waals surface area contributed by atoms with Crippen molar-refractivity contribution in [2.24, 2.45) is 0 Å². The first-order chi connectivity index (χ1) is 12.2. The van der Waals surface area contributed by atoms with Crippen LogP contribution in [0.3, 0.4) is 0 Å². The number of ether oxygens (including phenoxy) is 1. The lowest BCUT2D eigenvalue weighted by atomic mass is 10.0. The summed E-state index contributed by atoms with van der Waals surface area (Å²) in [7, 11) is 0. The highest BCUT2D eigenvalue weighted by Gasteiger charge is 2.20. The van der Waals surface area contributed by atoms with E-state index in [0.29, 0.717) is 23.1 Å². The molecule has 0 saturated carbocycles. The maximum absolute atomic E-state index is 9.42. The number of nitrogens with zero attached hydrogens (tertiary/aromatic N) is 3. The Bertz CT molecular complexity index is 940. The normalized spacial score (nSPS) is 17.4. The van der Waals surface area contributed by atoms with Crippen molar-refractivity contribution in [2.45, 2.75) is 32.2 Å². The minimum Gasteiger partial charge on any atom is -0.454 e. The minimum absolute atomic E-state index is 0.507. The molecule has 126 valence electrons. The molecule has 1 aromatic carbocycles. The summed E-state index contributed by atoms with van der Waals surface area (Å²) in [5, 5.41) is 10.4. The van der Waals surface area contributed by atoms with E-state index in [1.807, 2.05) is 36.5 Å². The van der Waals surface area contributed by atoms with E-state index in [1.165, 1.54) is 19.3 Å². The van der Waals surface area contributed by atoms with Crippen molar-refractivity contribution in [3.8, 4) is 17.6 Å². The lowest BCUT2D eigenvalue weighted by Crippen LogP contribution is -2.37. The summed E-state index contributed by atoms with van der Waals surface area (Å²) in [6.07, 6.45) is 7.20. The Morgan fingerprint density at radius 2 is 2.20 bits per heavy atom. The first kappa shape index (κ1) is 15.5. The van der Waals surface area contributed by atoms with E-state index in [4.69, 9.17) is 4.74 Å². The Kier molecular flexibility index (Phi) is 4.02. The van der Waals surface area contributed by atoms with E-state index in [-0.39, 0.29) is 0 Å². The number of H-pyrrole nitrogens is 1. The van der Waals surface area contributed by atoms with E-state index >= 15 is 0 Å². The van der Waals surface area contributed by atoms with Crippen molar-refractivity contribution < 1.29 is 4.74 Å². The number of aromatic nitrogens is 2. The molecule has 0 bridgehead atoms. The number of pyridine rings is 1. The molecule has 1 saturated heterocycles. The number of hydrogen-bond donors (Lipinski definition) is 1. The van der Waals surface area contributed by atoms with E-state index < -0.39 is 0 Å². The van der Waals surface area contributed by atoms with E-state index in [9.17, 15) is 5.26 Å². The molecule has 0 amide bonds. The van der Waals surface area contributed by atoms with Crippen LogP contribution in [0.15, 0.2) is 42.7 Å². The topological polar surface area (TPSA) is 64.9 Å². The number of hydrogen-bond acceptors (Lipinski definition) is 4. The second-order valence-electron chi connectivity index (χ2n) is 6.52. The van der Waals surface area contributed by atoms with Gasteiger partial charge in [0.1, 0.15) is 23.2 Å². The molecule has 0 radical (unpaired) electrons. The van der Waals surface area contributed by atoms with Crippen LogP contribution >= 0.6 is 0 Å². The van der Waals surface area contributed by atoms with Gasteiger partial charge in [0.05, 0.1) is 11.8 Å². The second kappa shape index (κ2) is 6.48. The highest BCUT2D eigenvalue weighted by molar-refractivity contribution is 5.76. The van der Waals surface area contributed by atoms with Gasteiger partial charge in [-0.15, -0.1) is 0 Å². The molecule has 1 atom stereocenters. The smallest absolute Gasteiger partial charge is 0.147 e. The molecule has 1 fully saturated rings. The molecule has 0 unspecified atom stereocenters. The number of nitriles is 1. The molecule has 3 aromatic rings. The minimum atomic E-state index is 0.507. The number of piperidine rings is 1. The Hall–Kier alpha value is -3.00. The molecular weight excluding hydrogens is 312 g/mol. The molecule has 25 heavy (non-hydrogen) atoms. The summed E-state index contributed by atoms with van der Waals surface area (Å²) < 4.78 is 6.02. The van der Waals surface area contributed by atoms with E-state index in [1.54, 1.807) is 6.20 Å². The molecule has 1 aliphatic rings. The Balaban J connectivity index is 1.67. The van der Waals surface area contributed by atoms with Gasteiger partial charge in [0, 0.05) is 35.9 Å². The summed E-state index contributed by atoms with van der Waals surface area (Å²) in [4.78, 5) is 9.80. The van der Waals surface area contributed by atoms with Crippen LogP contribution in [0.25, 0.3) is 11.0 Å². The third-order valence-electron chi connectivity index (χ3n) is 4.82. The van der Waals surface area contributed by atoms with Gasteiger partial charge in [0.15, 0.2) is 0 Å². The molecule has 1 N–H and O–H groups in total. The highest BCUT2D eigenvalue weighted by Crippen LogP contribution is 2.33. The number of nitrogens with one attached hydrogen (secondary N) is 1. The van der Waals surface area contributed by atoms with Crippen LogP contribution in [0.5, 0.6) is 11.5 Å². The number of anilines is 1. The highest BCUT2D eigenvalue weighted by atomic mass is 16.5. The molecule has 5 heteroatoms. The van der Waals surface area contributed by atoms with Gasteiger partial charge >= 0.3 is 0 Å². The van der Waals surface area contributed by atoms with Gasteiger partial charge in [0.2, 0.25) is 0 Å². The fourth-order valence-electron chi connectivity index (χ4n) is 3.45. The first-order valence-corrected chi connectivity index (χ1v) is 8.66. The zero-order valence-electron chi connectivity index (χ0n) is 14.2. The van der Waals surface area contributed by atoms with Crippen LogP contribution in [-0.4, -0.2) is 22.6 Å². The summed E-state index contributed by atoms with van der Waals surface area (Å²) in [5.74, 6) is 1.21. The summed E-state index contributed by atoms with van der Waals surface area (Å²) in [5.41, 5.74) is 2.46. The fourth-order valence-corrected chi connectivity index (χ4v) is 3.45. The second-order valence-corrected chi connectivity index (χ2v) is 6.52. The largest absolute Gasteiger partial charge is 0.454 e. The Morgan fingerprint density at radius 1 is 1.28 bits per heavy atom. The molecule has 3 heterocycles.